The predicted octanol–water partition coefficient (Wildman–Crippen LogP) is 6.19. The Kier molecular flexibility index (Phi) is 7.35. The van der Waals surface area contributed by atoms with Gasteiger partial charge in [0.2, 0.25) is 0 Å². The summed E-state index contributed by atoms with van der Waals surface area (Å²) >= 11 is 0. The van der Waals surface area contributed by atoms with E-state index in [1.54, 1.807) is 0 Å². The monoisotopic (exact) mass is 244 g/mol. The third-order valence-corrected chi connectivity index (χ3v) is 2.60. The van der Waals surface area contributed by atoms with Crippen molar-refractivity contribution in [3.8, 4) is 0 Å². The molecule has 0 aliphatic rings. The average Bonchev–Trinajstić information content (AvgIpc) is 2.41. The van der Waals surface area contributed by atoms with Crippen LogP contribution in [-0.4, -0.2) is 0 Å². The first kappa shape index (κ1) is 16.7. The Bertz CT molecular complexity index is 442. The highest BCUT2D eigenvalue weighted by Gasteiger charge is 2.15. The van der Waals surface area contributed by atoms with Crippen LogP contribution in [0.5, 0.6) is 0 Å². The molecule has 100 valence electrons. The second-order valence-electron chi connectivity index (χ2n) is 4.78. The van der Waals surface area contributed by atoms with Crippen LogP contribution in [0.2, 0.25) is 0 Å². The predicted molar refractivity (Wildman–Crippen MR) is 85.3 cm³/mol. The van der Waals surface area contributed by atoms with E-state index in [1.807, 2.05) is 27.7 Å². The van der Waals surface area contributed by atoms with Crippen molar-refractivity contribution in [2.24, 2.45) is 0 Å². The van der Waals surface area contributed by atoms with Crippen molar-refractivity contribution in [2.75, 3.05) is 0 Å². The van der Waals surface area contributed by atoms with Crippen molar-refractivity contribution in [1.29, 1.82) is 0 Å². The highest BCUT2D eigenvalue weighted by Crippen LogP contribution is 2.29. The molecule has 0 heterocycles. The second kappa shape index (κ2) is 7.92. The molecule has 0 heteroatoms. The first-order chi connectivity index (χ1) is 8.59. The van der Waals surface area contributed by atoms with Crippen LogP contribution < -0.4 is 0 Å². The third kappa shape index (κ3) is 4.18. The SMILES string of the molecule is CC.CC.CC(C)(C)c1cccc2ccccc12. The highest BCUT2D eigenvalue weighted by molar-refractivity contribution is 5.86. The first-order valence-electron chi connectivity index (χ1n) is 7.07. The van der Waals surface area contributed by atoms with Crippen molar-refractivity contribution < 1.29 is 0 Å². The van der Waals surface area contributed by atoms with Crippen LogP contribution in [-0.2, 0) is 5.41 Å². The van der Waals surface area contributed by atoms with Gasteiger partial charge in [-0.1, -0.05) is 90.9 Å². The minimum Gasteiger partial charge on any atom is -0.0683 e. The number of rotatable bonds is 0. The third-order valence-electron chi connectivity index (χ3n) is 2.60. The van der Waals surface area contributed by atoms with E-state index in [4.69, 9.17) is 0 Å². The maximum Gasteiger partial charge on any atom is -0.0126 e. The fraction of sp³-hybridized carbons (Fsp3) is 0.444. The Morgan fingerprint density at radius 1 is 0.667 bits per heavy atom. The molecule has 0 N–H and O–H groups in total. The van der Waals surface area contributed by atoms with Crippen LogP contribution in [0.1, 0.15) is 54.0 Å². The van der Waals surface area contributed by atoms with E-state index in [0.717, 1.165) is 0 Å². The van der Waals surface area contributed by atoms with Crippen LogP contribution in [0.4, 0.5) is 0 Å². The van der Waals surface area contributed by atoms with Crippen LogP contribution in [0, 0.1) is 0 Å². The summed E-state index contributed by atoms with van der Waals surface area (Å²) in [4.78, 5) is 0. The lowest BCUT2D eigenvalue weighted by molar-refractivity contribution is 0.596. The minimum atomic E-state index is 0.223. The molecule has 18 heavy (non-hydrogen) atoms. The maximum atomic E-state index is 2.26. The Labute approximate surface area is 113 Å². The normalized spacial score (nSPS) is 9.94. The Morgan fingerprint density at radius 2 is 1.17 bits per heavy atom. The molecule has 0 bridgehead atoms. The molecular weight excluding hydrogens is 216 g/mol. The van der Waals surface area contributed by atoms with Crippen LogP contribution in [0.3, 0.4) is 0 Å². The summed E-state index contributed by atoms with van der Waals surface area (Å²) in [7, 11) is 0. The summed E-state index contributed by atoms with van der Waals surface area (Å²) < 4.78 is 0. The molecule has 0 radical (unpaired) electrons. The van der Waals surface area contributed by atoms with E-state index in [1.165, 1.54) is 16.3 Å². The summed E-state index contributed by atoms with van der Waals surface area (Å²) in [6.07, 6.45) is 0. The van der Waals surface area contributed by atoms with Crippen molar-refractivity contribution in [2.45, 2.75) is 53.9 Å². The van der Waals surface area contributed by atoms with Crippen LogP contribution >= 0.6 is 0 Å². The van der Waals surface area contributed by atoms with Gasteiger partial charge < -0.3 is 0 Å². The van der Waals surface area contributed by atoms with Gasteiger partial charge in [0, 0.05) is 0 Å². The zero-order valence-electron chi connectivity index (χ0n) is 13.0. The quantitative estimate of drug-likeness (QED) is 0.518. The van der Waals surface area contributed by atoms with Gasteiger partial charge in [0.1, 0.15) is 0 Å². The van der Waals surface area contributed by atoms with E-state index in [2.05, 4.69) is 63.2 Å². The van der Waals surface area contributed by atoms with Crippen molar-refractivity contribution in [3.05, 3.63) is 48.0 Å². The molecule has 0 saturated heterocycles. The standard InChI is InChI=1S/C14H16.2C2H6/c1-14(2,3)13-10-6-8-11-7-4-5-9-12(11)13;2*1-2/h4-10H,1-3H3;2*1-2H3. The molecule has 2 aromatic rings. The molecule has 0 aromatic heterocycles. The topological polar surface area (TPSA) is 0 Å². The molecule has 0 nitrogen and oxygen atoms in total. The zero-order valence-corrected chi connectivity index (χ0v) is 13.0. The van der Waals surface area contributed by atoms with Crippen molar-refractivity contribution in [3.63, 3.8) is 0 Å². The lowest BCUT2D eigenvalue weighted by Gasteiger charge is -2.21. The van der Waals surface area contributed by atoms with E-state index >= 15 is 0 Å². The summed E-state index contributed by atoms with van der Waals surface area (Å²) in [5, 5.41) is 2.71. The van der Waals surface area contributed by atoms with Gasteiger partial charge in [-0.3, -0.25) is 0 Å². The van der Waals surface area contributed by atoms with Gasteiger partial charge in [0.25, 0.3) is 0 Å². The second-order valence-corrected chi connectivity index (χ2v) is 4.78. The lowest BCUT2D eigenvalue weighted by atomic mass is 9.84. The Morgan fingerprint density at radius 3 is 1.72 bits per heavy atom. The van der Waals surface area contributed by atoms with E-state index < -0.39 is 0 Å². The summed E-state index contributed by atoms with van der Waals surface area (Å²) in [5.41, 5.74) is 1.65. The maximum absolute atomic E-state index is 2.26. The summed E-state index contributed by atoms with van der Waals surface area (Å²) in [6.45, 7) is 14.8. The smallest absolute Gasteiger partial charge is 0.0126 e. The molecule has 0 spiro atoms. The van der Waals surface area contributed by atoms with Crippen LogP contribution in [0.25, 0.3) is 10.8 Å². The fourth-order valence-electron chi connectivity index (χ4n) is 1.88. The number of hydrogen-bond donors (Lipinski definition) is 0. The molecule has 2 rings (SSSR count). The average molecular weight is 244 g/mol. The molecule has 0 unspecified atom stereocenters. The first-order valence-corrected chi connectivity index (χ1v) is 7.07. The molecule has 0 aliphatic heterocycles. The van der Waals surface area contributed by atoms with Gasteiger partial charge in [0.05, 0.1) is 0 Å². The van der Waals surface area contributed by atoms with Gasteiger partial charge in [0.15, 0.2) is 0 Å². The molecule has 0 fully saturated rings. The molecule has 2 aromatic carbocycles. The Hall–Kier alpha value is -1.30. The fourth-order valence-corrected chi connectivity index (χ4v) is 1.88. The molecule has 0 atom stereocenters. The number of fused-ring (bicyclic) bond motifs is 1. The number of benzene rings is 2. The van der Waals surface area contributed by atoms with Gasteiger partial charge >= 0.3 is 0 Å². The van der Waals surface area contributed by atoms with Crippen molar-refractivity contribution >= 4 is 10.8 Å². The Balaban J connectivity index is 0.000000659. The highest BCUT2D eigenvalue weighted by atomic mass is 14.2. The minimum absolute atomic E-state index is 0.223. The van der Waals surface area contributed by atoms with Gasteiger partial charge in [-0.2, -0.15) is 0 Å². The van der Waals surface area contributed by atoms with Gasteiger partial charge in [-0.25, -0.2) is 0 Å². The van der Waals surface area contributed by atoms with E-state index in [-0.39, 0.29) is 5.41 Å². The van der Waals surface area contributed by atoms with Gasteiger partial charge in [-0.05, 0) is 21.8 Å². The summed E-state index contributed by atoms with van der Waals surface area (Å²) in [5.74, 6) is 0. The van der Waals surface area contributed by atoms with E-state index in [0.29, 0.717) is 0 Å². The molecule has 0 saturated carbocycles. The van der Waals surface area contributed by atoms with Gasteiger partial charge in [-0.15, -0.1) is 0 Å². The molecular formula is C18H28. The lowest BCUT2D eigenvalue weighted by Crippen LogP contribution is -2.11. The zero-order chi connectivity index (χ0) is 14.2. The van der Waals surface area contributed by atoms with Crippen molar-refractivity contribution in [1.82, 2.24) is 0 Å². The number of hydrogen-bond acceptors (Lipinski definition) is 0. The van der Waals surface area contributed by atoms with Crippen LogP contribution in [0.15, 0.2) is 42.5 Å². The summed E-state index contributed by atoms with van der Waals surface area (Å²) in [6, 6.07) is 15.1. The molecule has 0 aliphatic carbocycles. The van der Waals surface area contributed by atoms with E-state index in [9.17, 15) is 0 Å². The largest absolute Gasteiger partial charge is 0.0683 e. The molecule has 0 amide bonds.